The van der Waals surface area contributed by atoms with E-state index in [0.29, 0.717) is 20.5 Å². The number of aryl methyl sites for hydroxylation is 1. The molecule has 28 heavy (non-hydrogen) atoms. The average Bonchev–Trinajstić information content (AvgIpc) is 3.31. The number of nitrogens with two attached hydrogens (primary N) is 1. The highest BCUT2D eigenvalue weighted by molar-refractivity contribution is 7.89. The Labute approximate surface area is 170 Å². The molecule has 0 aromatic carbocycles. The fraction of sp³-hybridized carbons (Fsp3) is 0.400. The van der Waals surface area contributed by atoms with E-state index >= 15 is 0 Å². The van der Waals surface area contributed by atoms with Crippen LogP contribution in [-0.2, 0) is 22.6 Å². The van der Waals surface area contributed by atoms with Gasteiger partial charge in [0.05, 0.1) is 21.2 Å². The maximum Gasteiger partial charge on any atom is 0.268 e. The van der Waals surface area contributed by atoms with Gasteiger partial charge in [-0.05, 0) is 19.1 Å². The number of halogens is 1. The van der Waals surface area contributed by atoms with Crippen molar-refractivity contribution in [3.05, 3.63) is 28.2 Å². The molecule has 0 saturated carbocycles. The highest BCUT2D eigenvalue weighted by atomic mass is 35.5. The quantitative estimate of drug-likeness (QED) is 0.616. The summed E-state index contributed by atoms with van der Waals surface area (Å²) in [6, 6.07) is 3.44. The zero-order valence-electron chi connectivity index (χ0n) is 15.2. The minimum absolute atomic E-state index is 0.174. The summed E-state index contributed by atoms with van der Waals surface area (Å²) < 4.78 is 33.4. The monoisotopic (exact) mass is 443 g/mol. The van der Waals surface area contributed by atoms with E-state index in [0.717, 1.165) is 4.31 Å². The molecule has 1 fully saturated rings. The smallest absolute Gasteiger partial charge is 0.268 e. The first kappa shape index (κ1) is 19.5. The normalized spacial score (nSPS) is 25.2. The molecule has 3 N–H and O–H groups in total. The highest BCUT2D eigenvalue weighted by Gasteiger charge is 2.45. The average molecular weight is 444 g/mol. The number of aromatic nitrogens is 4. The molecule has 0 aliphatic carbocycles. The van der Waals surface area contributed by atoms with E-state index in [2.05, 4.69) is 20.6 Å². The van der Waals surface area contributed by atoms with Crippen molar-refractivity contribution in [2.45, 2.75) is 18.8 Å². The molecular formula is C15H18ClN7O3S2. The van der Waals surface area contributed by atoms with E-state index in [4.69, 9.17) is 21.8 Å². The number of sulfonamides is 1. The summed E-state index contributed by atoms with van der Waals surface area (Å²) >= 11 is 7.72. The Bertz CT molecular complexity index is 1140. The van der Waals surface area contributed by atoms with E-state index in [1.54, 1.807) is 37.0 Å². The highest BCUT2D eigenvalue weighted by Crippen LogP contribution is 2.42. The molecule has 2 atom stereocenters. The minimum Gasteiger partial charge on any atom is -0.414 e. The molecule has 13 heteroatoms. The molecule has 1 unspecified atom stereocenters. The van der Waals surface area contributed by atoms with Gasteiger partial charge in [0.2, 0.25) is 10.0 Å². The maximum absolute atomic E-state index is 12.4. The molecule has 1 aliphatic rings. The number of hydrogen-bond donors (Lipinski definition) is 2. The van der Waals surface area contributed by atoms with Gasteiger partial charge in [0.15, 0.2) is 0 Å². The Kier molecular flexibility index (Phi) is 4.60. The van der Waals surface area contributed by atoms with Gasteiger partial charge in [-0.15, -0.1) is 21.5 Å². The molecule has 1 saturated heterocycles. The van der Waals surface area contributed by atoms with Gasteiger partial charge in [-0.2, -0.15) is 9.40 Å². The minimum atomic E-state index is -3.54. The third-order valence-corrected chi connectivity index (χ3v) is 8.37. The molecule has 0 radical (unpaired) electrons. The lowest BCUT2D eigenvalue weighted by molar-refractivity contribution is 0.219. The van der Waals surface area contributed by atoms with Crippen molar-refractivity contribution in [1.29, 1.82) is 0 Å². The second-order valence-electron chi connectivity index (χ2n) is 6.77. The van der Waals surface area contributed by atoms with Crippen LogP contribution in [-0.4, -0.2) is 51.8 Å². The lowest BCUT2D eigenvalue weighted by Crippen LogP contribution is -2.66. The summed E-state index contributed by atoms with van der Waals surface area (Å²) in [4.78, 5) is 1.26. The lowest BCUT2D eigenvalue weighted by atomic mass is 10.0. The van der Waals surface area contributed by atoms with Crippen molar-refractivity contribution in [1.82, 2.24) is 29.6 Å². The molecule has 4 heterocycles. The van der Waals surface area contributed by atoms with E-state index in [9.17, 15) is 8.42 Å². The molecule has 150 valence electrons. The number of nitrogens with one attached hydrogen (secondary N) is 1. The van der Waals surface area contributed by atoms with E-state index in [1.165, 1.54) is 18.4 Å². The Balaban J connectivity index is 1.69. The number of nitrogens with zero attached hydrogens (tertiary/aromatic N) is 5. The van der Waals surface area contributed by atoms with E-state index < -0.39 is 21.9 Å². The van der Waals surface area contributed by atoms with Crippen LogP contribution < -0.4 is 11.1 Å². The molecule has 4 rings (SSSR count). The first-order valence-corrected chi connectivity index (χ1v) is 11.0. The van der Waals surface area contributed by atoms with Gasteiger partial charge in [-0.25, -0.2) is 8.42 Å². The third-order valence-electron chi connectivity index (χ3n) is 4.52. The Morgan fingerprint density at radius 2 is 2.11 bits per heavy atom. The zero-order chi connectivity index (χ0) is 20.3. The van der Waals surface area contributed by atoms with Crippen LogP contribution in [0.2, 0.25) is 5.02 Å². The zero-order valence-corrected chi connectivity index (χ0v) is 17.6. The predicted octanol–water partition coefficient (Wildman–Crippen LogP) is 1.17. The van der Waals surface area contributed by atoms with E-state index in [1.807, 2.05) is 0 Å². The van der Waals surface area contributed by atoms with Crippen molar-refractivity contribution in [3.63, 3.8) is 0 Å². The molecule has 0 spiro atoms. The van der Waals surface area contributed by atoms with Crippen LogP contribution in [0.15, 0.2) is 22.7 Å². The first-order valence-electron chi connectivity index (χ1n) is 8.22. The van der Waals surface area contributed by atoms with Crippen LogP contribution in [0.3, 0.4) is 0 Å². The van der Waals surface area contributed by atoms with Gasteiger partial charge < -0.3 is 10.2 Å². The van der Waals surface area contributed by atoms with E-state index in [-0.39, 0.29) is 17.5 Å². The number of rotatable bonds is 3. The van der Waals surface area contributed by atoms with Gasteiger partial charge in [-0.1, -0.05) is 11.6 Å². The molecular weight excluding hydrogens is 426 g/mol. The molecule has 1 aliphatic heterocycles. The van der Waals surface area contributed by atoms with Crippen LogP contribution in [0.4, 0.5) is 0 Å². The van der Waals surface area contributed by atoms with Gasteiger partial charge in [-0.3, -0.25) is 10.00 Å². The summed E-state index contributed by atoms with van der Waals surface area (Å²) in [6.07, 6.45) is 0.916. The van der Waals surface area contributed by atoms with Gasteiger partial charge in [0.25, 0.3) is 11.8 Å². The van der Waals surface area contributed by atoms with Crippen molar-refractivity contribution in [3.8, 4) is 22.4 Å². The first-order chi connectivity index (χ1) is 13.1. The largest absolute Gasteiger partial charge is 0.414 e. The SMILES string of the molecule is CN1C(N)N[C@](C)(c2sc(-c3nnc(-c4ccn(C)n4)o3)cc2Cl)CS1(=O)=O. The molecule has 0 amide bonds. The van der Waals surface area contributed by atoms with Crippen LogP contribution in [0.5, 0.6) is 0 Å². The second-order valence-corrected chi connectivity index (χ2v) is 10.3. The van der Waals surface area contributed by atoms with Crippen molar-refractivity contribution in [2.24, 2.45) is 12.8 Å². The van der Waals surface area contributed by atoms with Crippen molar-refractivity contribution < 1.29 is 12.8 Å². The molecule has 0 bridgehead atoms. The molecule has 3 aromatic rings. The van der Waals surface area contributed by atoms with Crippen LogP contribution in [0.25, 0.3) is 22.4 Å². The lowest BCUT2D eigenvalue weighted by Gasteiger charge is -2.42. The van der Waals surface area contributed by atoms with Gasteiger partial charge in [0.1, 0.15) is 12.0 Å². The second kappa shape index (κ2) is 6.61. The van der Waals surface area contributed by atoms with Crippen LogP contribution >= 0.6 is 22.9 Å². The Hall–Kier alpha value is -1.83. The summed E-state index contributed by atoms with van der Waals surface area (Å²) in [5, 5.41) is 15.8. The molecule has 10 nitrogen and oxygen atoms in total. The standard InChI is InChI=1S/C15H18ClN7O3S2/c1-15(7-28(24,25)23(3)14(17)18-15)11-8(16)6-10(27-11)13-20-19-12(26-13)9-4-5-22(2)21-9/h4-6,14,18H,7,17H2,1-3H3/t14?,15-/m0/s1. The van der Waals surface area contributed by atoms with Crippen LogP contribution in [0.1, 0.15) is 11.8 Å². The Morgan fingerprint density at radius 1 is 1.39 bits per heavy atom. The summed E-state index contributed by atoms with van der Waals surface area (Å²) in [7, 11) is -0.308. The number of hydrogen-bond acceptors (Lipinski definition) is 9. The topological polar surface area (TPSA) is 132 Å². The third kappa shape index (κ3) is 3.25. The summed E-state index contributed by atoms with van der Waals surface area (Å²) in [5.74, 6) is 0.393. The fourth-order valence-corrected chi connectivity index (χ4v) is 6.26. The number of thiophene rings is 1. The maximum atomic E-state index is 12.4. The van der Waals surface area contributed by atoms with Crippen molar-refractivity contribution >= 4 is 33.0 Å². The summed E-state index contributed by atoms with van der Waals surface area (Å²) in [6.45, 7) is 1.76. The molecule has 3 aromatic heterocycles. The van der Waals surface area contributed by atoms with Gasteiger partial charge >= 0.3 is 0 Å². The Morgan fingerprint density at radius 3 is 2.75 bits per heavy atom. The van der Waals surface area contributed by atoms with Crippen LogP contribution in [0, 0.1) is 0 Å². The van der Waals surface area contributed by atoms with Crippen molar-refractivity contribution in [2.75, 3.05) is 12.8 Å². The predicted molar refractivity (Wildman–Crippen MR) is 105 cm³/mol. The fourth-order valence-electron chi connectivity index (χ4n) is 3.04. The van der Waals surface area contributed by atoms with Gasteiger partial charge in [0, 0.05) is 25.2 Å². The summed E-state index contributed by atoms with van der Waals surface area (Å²) in [5.41, 5.74) is 5.56.